The Morgan fingerprint density at radius 2 is 2.00 bits per heavy atom. The highest BCUT2D eigenvalue weighted by molar-refractivity contribution is 9.10. The maximum Gasteiger partial charge on any atom is 0.411 e. The molecule has 0 unspecified atom stereocenters. The van der Waals surface area contributed by atoms with Crippen LogP contribution < -0.4 is 10.1 Å². The molecule has 0 saturated carbocycles. The van der Waals surface area contributed by atoms with Gasteiger partial charge >= 0.3 is 6.18 Å². The molecule has 0 fully saturated rings. The molecule has 114 valence electrons. The number of benzene rings is 1. The minimum atomic E-state index is -4.34. The van der Waals surface area contributed by atoms with Gasteiger partial charge in [-0.25, -0.2) is 0 Å². The van der Waals surface area contributed by atoms with E-state index in [4.69, 9.17) is 4.74 Å². The van der Waals surface area contributed by atoms with Crippen molar-refractivity contribution in [3.63, 3.8) is 0 Å². The predicted octanol–water partition coefficient (Wildman–Crippen LogP) is 3.86. The Balaban J connectivity index is 2.43. The van der Waals surface area contributed by atoms with Gasteiger partial charge in [0.2, 0.25) is 0 Å². The number of hydrogen-bond donors (Lipinski definition) is 1. The number of nitrogens with one attached hydrogen (secondary N) is 1. The molecular formula is C13H17BrF3NO2. The molecule has 0 aliphatic rings. The number of rotatable bonds is 7. The first kappa shape index (κ1) is 17.3. The molecule has 0 bridgehead atoms. The van der Waals surface area contributed by atoms with Crippen molar-refractivity contribution in [1.29, 1.82) is 0 Å². The van der Waals surface area contributed by atoms with Crippen LogP contribution in [0, 0.1) is 0 Å². The topological polar surface area (TPSA) is 30.5 Å². The molecule has 0 saturated heterocycles. The molecule has 0 amide bonds. The minimum Gasteiger partial charge on any atom is -0.466 e. The third-order valence-electron chi connectivity index (χ3n) is 2.27. The third kappa shape index (κ3) is 7.12. The normalized spacial score (nSPS) is 11.9. The summed E-state index contributed by atoms with van der Waals surface area (Å²) in [5, 5.41) is 3.27. The second-order valence-electron chi connectivity index (χ2n) is 4.53. The number of alkyl halides is 3. The predicted molar refractivity (Wildman–Crippen MR) is 73.6 cm³/mol. The van der Waals surface area contributed by atoms with Gasteiger partial charge in [0.05, 0.1) is 4.47 Å². The van der Waals surface area contributed by atoms with Crippen molar-refractivity contribution in [2.45, 2.75) is 32.6 Å². The molecule has 0 atom stereocenters. The standard InChI is InChI=1S/C13H17BrF3NO2/c1-9(2)18-6-10-3-4-12(11(14)5-10)20-8-19-7-13(15,16)17/h3-5,9,18H,6-8H2,1-2H3. The Hall–Kier alpha value is -0.790. The van der Waals surface area contributed by atoms with Gasteiger partial charge < -0.3 is 14.8 Å². The van der Waals surface area contributed by atoms with Gasteiger partial charge in [-0.15, -0.1) is 0 Å². The van der Waals surface area contributed by atoms with E-state index in [9.17, 15) is 13.2 Å². The molecule has 0 heterocycles. The molecule has 1 rings (SSSR count). The summed E-state index contributed by atoms with van der Waals surface area (Å²) in [5.74, 6) is 0.445. The summed E-state index contributed by atoms with van der Waals surface area (Å²) >= 11 is 3.32. The van der Waals surface area contributed by atoms with Gasteiger partial charge in [-0.3, -0.25) is 0 Å². The molecule has 1 aromatic carbocycles. The molecule has 3 nitrogen and oxygen atoms in total. The number of halogens is 4. The van der Waals surface area contributed by atoms with E-state index >= 15 is 0 Å². The van der Waals surface area contributed by atoms with Crippen molar-refractivity contribution in [2.24, 2.45) is 0 Å². The average molecular weight is 356 g/mol. The Kier molecular flexibility index (Phi) is 6.78. The fourth-order valence-corrected chi connectivity index (χ4v) is 1.90. The summed E-state index contributed by atoms with van der Waals surface area (Å²) in [6.07, 6.45) is -4.34. The Bertz CT molecular complexity index is 425. The fourth-order valence-electron chi connectivity index (χ4n) is 1.36. The summed E-state index contributed by atoms with van der Waals surface area (Å²) in [6.45, 7) is 3.04. The highest BCUT2D eigenvalue weighted by Crippen LogP contribution is 2.26. The van der Waals surface area contributed by atoms with Crippen LogP contribution in [0.2, 0.25) is 0 Å². The maximum atomic E-state index is 11.9. The van der Waals surface area contributed by atoms with Crippen LogP contribution >= 0.6 is 15.9 Å². The monoisotopic (exact) mass is 355 g/mol. The summed E-state index contributed by atoms with van der Waals surface area (Å²) in [5.41, 5.74) is 1.05. The average Bonchev–Trinajstić information content (AvgIpc) is 2.32. The SMILES string of the molecule is CC(C)NCc1ccc(OCOCC(F)(F)F)c(Br)c1. The van der Waals surface area contributed by atoms with Crippen LogP contribution in [0.4, 0.5) is 13.2 Å². The highest BCUT2D eigenvalue weighted by atomic mass is 79.9. The van der Waals surface area contributed by atoms with Gasteiger partial charge in [0.1, 0.15) is 12.4 Å². The van der Waals surface area contributed by atoms with E-state index in [-0.39, 0.29) is 0 Å². The zero-order valence-corrected chi connectivity index (χ0v) is 12.8. The second kappa shape index (κ2) is 7.85. The molecule has 0 aliphatic carbocycles. The second-order valence-corrected chi connectivity index (χ2v) is 5.38. The maximum absolute atomic E-state index is 11.9. The summed E-state index contributed by atoms with van der Waals surface area (Å²) in [6, 6.07) is 5.77. The van der Waals surface area contributed by atoms with Crippen molar-refractivity contribution in [2.75, 3.05) is 13.4 Å². The molecule has 0 radical (unpaired) electrons. The van der Waals surface area contributed by atoms with Crippen LogP contribution in [0.15, 0.2) is 22.7 Å². The first-order valence-corrected chi connectivity index (χ1v) is 6.86. The lowest BCUT2D eigenvalue weighted by molar-refractivity contribution is -0.186. The number of ether oxygens (including phenoxy) is 2. The van der Waals surface area contributed by atoms with E-state index in [1.165, 1.54) is 0 Å². The van der Waals surface area contributed by atoms with Gasteiger partial charge in [0.15, 0.2) is 6.79 Å². The quantitative estimate of drug-likeness (QED) is 0.595. The number of hydrogen-bond acceptors (Lipinski definition) is 3. The van der Waals surface area contributed by atoms with Crippen molar-refractivity contribution in [3.05, 3.63) is 28.2 Å². The first-order valence-electron chi connectivity index (χ1n) is 6.07. The van der Waals surface area contributed by atoms with Gasteiger partial charge in [0.25, 0.3) is 0 Å². The van der Waals surface area contributed by atoms with Gasteiger partial charge in [-0.2, -0.15) is 13.2 Å². The van der Waals surface area contributed by atoms with Crippen molar-refractivity contribution < 1.29 is 22.6 Å². The summed E-state index contributed by atoms with van der Waals surface area (Å²) in [7, 11) is 0. The van der Waals surface area contributed by atoms with E-state index in [0.717, 1.165) is 5.56 Å². The highest BCUT2D eigenvalue weighted by Gasteiger charge is 2.27. The van der Waals surface area contributed by atoms with E-state index < -0.39 is 19.6 Å². The van der Waals surface area contributed by atoms with Crippen LogP contribution in [-0.4, -0.2) is 25.6 Å². The van der Waals surface area contributed by atoms with E-state index in [2.05, 4.69) is 26.0 Å². The zero-order chi connectivity index (χ0) is 15.2. The Morgan fingerprint density at radius 3 is 2.55 bits per heavy atom. The van der Waals surface area contributed by atoms with Gasteiger partial charge in [-0.05, 0) is 33.6 Å². The molecule has 0 aromatic heterocycles. The largest absolute Gasteiger partial charge is 0.466 e. The van der Waals surface area contributed by atoms with Crippen molar-refractivity contribution in [1.82, 2.24) is 5.32 Å². The van der Waals surface area contributed by atoms with Crippen molar-refractivity contribution in [3.8, 4) is 5.75 Å². The third-order valence-corrected chi connectivity index (χ3v) is 2.89. The van der Waals surface area contributed by atoms with Gasteiger partial charge in [0, 0.05) is 12.6 Å². The molecule has 0 spiro atoms. The smallest absolute Gasteiger partial charge is 0.411 e. The summed E-state index contributed by atoms with van der Waals surface area (Å²) in [4.78, 5) is 0. The van der Waals surface area contributed by atoms with E-state index in [1.54, 1.807) is 6.07 Å². The summed E-state index contributed by atoms with van der Waals surface area (Å²) < 4.78 is 45.8. The van der Waals surface area contributed by atoms with Gasteiger partial charge in [-0.1, -0.05) is 19.9 Å². The molecule has 1 N–H and O–H groups in total. The van der Waals surface area contributed by atoms with Crippen LogP contribution in [-0.2, 0) is 11.3 Å². The van der Waals surface area contributed by atoms with E-state index in [0.29, 0.717) is 22.8 Å². The van der Waals surface area contributed by atoms with Crippen LogP contribution in [0.3, 0.4) is 0 Å². The molecule has 1 aromatic rings. The van der Waals surface area contributed by atoms with Crippen molar-refractivity contribution >= 4 is 15.9 Å². The lowest BCUT2D eigenvalue weighted by Gasteiger charge is -2.12. The Morgan fingerprint density at radius 1 is 1.30 bits per heavy atom. The first-order chi connectivity index (χ1) is 9.28. The van der Waals surface area contributed by atoms with Crippen LogP contribution in [0.5, 0.6) is 5.75 Å². The Labute approximate surface area is 124 Å². The minimum absolute atomic E-state index is 0.375. The van der Waals surface area contributed by atoms with Crippen LogP contribution in [0.1, 0.15) is 19.4 Å². The zero-order valence-electron chi connectivity index (χ0n) is 11.3. The fraction of sp³-hybridized carbons (Fsp3) is 0.538. The van der Waals surface area contributed by atoms with Crippen LogP contribution in [0.25, 0.3) is 0 Å². The lowest BCUT2D eigenvalue weighted by Crippen LogP contribution is -2.21. The molecule has 20 heavy (non-hydrogen) atoms. The molecule has 0 aliphatic heterocycles. The van der Waals surface area contributed by atoms with E-state index in [1.807, 2.05) is 26.0 Å². The molecule has 7 heteroatoms. The lowest BCUT2D eigenvalue weighted by atomic mass is 10.2. The molecular weight excluding hydrogens is 339 g/mol.